The molecule has 9 heteroatoms. The molecule has 29 heavy (non-hydrogen) atoms. The fourth-order valence-electron chi connectivity index (χ4n) is 2.42. The van der Waals surface area contributed by atoms with Gasteiger partial charge in [-0.1, -0.05) is 23.7 Å². The number of carbonyl (C=O) groups is 1. The number of pyridine rings is 3. The van der Waals surface area contributed by atoms with E-state index in [4.69, 9.17) is 16.4 Å². The summed E-state index contributed by atoms with van der Waals surface area (Å²) in [4.78, 5) is 29.7. The summed E-state index contributed by atoms with van der Waals surface area (Å²) in [6.45, 7) is 3.55. The zero-order valence-electron chi connectivity index (χ0n) is 15.7. The molecule has 0 bridgehead atoms. The average molecular weight is 414 g/mol. The van der Waals surface area contributed by atoms with Crippen LogP contribution in [-0.4, -0.2) is 26.6 Å². The van der Waals surface area contributed by atoms with Gasteiger partial charge in [0, 0.05) is 18.0 Å². The molecule has 0 aliphatic heterocycles. The summed E-state index contributed by atoms with van der Waals surface area (Å²) >= 11 is 6.02. The van der Waals surface area contributed by atoms with Gasteiger partial charge < -0.3 is 10.2 Å². The zero-order valence-corrected chi connectivity index (χ0v) is 16.4. The van der Waals surface area contributed by atoms with Crippen LogP contribution in [0.1, 0.15) is 35.0 Å². The van der Waals surface area contributed by atoms with E-state index in [2.05, 4.69) is 25.4 Å². The first-order valence-corrected chi connectivity index (χ1v) is 9.09. The lowest BCUT2D eigenvalue weighted by atomic mass is 10.1. The lowest BCUT2D eigenvalue weighted by Gasteiger charge is -2.08. The standard InChI is InChI=1S/C20H17ClFN5O2/c1-3-17(27-29-18-11-23-7-6-16(18)21)13-4-5-19(25-9-13)26-20(28)15-8-14(22)10-24-12(15)2/h4-11H,3H2,1-2H3,(H,25,26,28). The van der Waals surface area contributed by atoms with E-state index in [1.807, 2.05) is 6.92 Å². The highest BCUT2D eigenvalue weighted by Gasteiger charge is 2.13. The third-order valence-corrected chi connectivity index (χ3v) is 4.27. The van der Waals surface area contributed by atoms with Crippen molar-refractivity contribution in [2.45, 2.75) is 20.3 Å². The number of halogens is 2. The summed E-state index contributed by atoms with van der Waals surface area (Å²) < 4.78 is 13.4. The molecular weight excluding hydrogens is 397 g/mol. The van der Waals surface area contributed by atoms with Gasteiger partial charge in [0.25, 0.3) is 5.91 Å². The maximum absolute atomic E-state index is 13.4. The summed E-state index contributed by atoms with van der Waals surface area (Å²) in [6.07, 6.45) is 6.23. The number of hydrogen-bond donors (Lipinski definition) is 1. The van der Waals surface area contributed by atoms with Crippen LogP contribution in [0.3, 0.4) is 0 Å². The number of aryl methyl sites for hydroxylation is 1. The van der Waals surface area contributed by atoms with Crippen LogP contribution in [0, 0.1) is 12.7 Å². The van der Waals surface area contributed by atoms with Crippen molar-refractivity contribution in [1.29, 1.82) is 0 Å². The van der Waals surface area contributed by atoms with Crippen molar-refractivity contribution in [2.24, 2.45) is 5.16 Å². The average Bonchev–Trinajstić information content (AvgIpc) is 2.72. The summed E-state index contributed by atoms with van der Waals surface area (Å²) in [5.74, 6) is -0.416. The number of hydrogen-bond acceptors (Lipinski definition) is 6. The molecule has 0 saturated carbocycles. The maximum atomic E-state index is 13.4. The van der Waals surface area contributed by atoms with E-state index in [1.54, 1.807) is 37.5 Å². The molecular formula is C20H17ClFN5O2. The monoisotopic (exact) mass is 413 g/mol. The van der Waals surface area contributed by atoms with E-state index < -0.39 is 11.7 Å². The second-order valence-electron chi connectivity index (χ2n) is 5.96. The van der Waals surface area contributed by atoms with Gasteiger partial charge in [-0.15, -0.1) is 0 Å². The Morgan fingerprint density at radius 2 is 2.07 bits per heavy atom. The minimum atomic E-state index is -0.582. The molecule has 0 atom stereocenters. The number of anilines is 1. The van der Waals surface area contributed by atoms with Gasteiger partial charge in [0.15, 0.2) is 5.75 Å². The molecule has 3 rings (SSSR count). The van der Waals surface area contributed by atoms with Gasteiger partial charge in [-0.2, -0.15) is 0 Å². The van der Waals surface area contributed by atoms with Crippen molar-refractivity contribution in [2.75, 3.05) is 5.32 Å². The molecule has 0 saturated heterocycles. The Hall–Kier alpha value is -3.39. The van der Waals surface area contributed by atoms with Crippen LogP contribution >= 0.6 is 11.6 Å². The minimum absolute atomic E-state index is 0.147. The number of aromatic nitrogens is 3. The number of amides is 1. The first-order chi connectivity index (χ1) is 14.0. The molecule has 3 aromatic rings. The van der Waals surface area contributed by atoms with E-state index in [9.17, 15) is 9.18 Å². The smallest absolute Gasteiger partial charge is 0.258 e. The largest absolute Gasteiger partial charge is 0.353 e. The van der Waals surface area contributed by atoms with Crippen LogP contribution in [0.5, 0.6) is 5.75 Å². The Morgan fingerprint density at radius 3 is 2.76 bits per heavy atom. The van der Waals surface area contributed by atoms with Gasteiger partial charge in [-0.05, 0) is 37.6 Å². The Kier molecular flexibility index (Phi) is 6.46. The molecule has 148 valence electrons. The third kappa shape index (κ3) is 5.11. The van der Waals surface area contributed by atoms with Crippen LogP contribution in [0.2, 0.25) is 5.02 Å². The van der Waals surface area contributed by atoms with Gasteiger partial charge in [0.2, 0.25) is 0 Å². The SMILES string of the molecule is CCC(=NOc1cnccc1Cl)c1ccc(NC(=O)c2cc(F)cnc2C)nc1. The Morgan fingerprint density at radius 1 is 1.24 bits per heavy atom. The third-order valence-electron chi connectivity index (χ3n) is 3.96. The first kappa shape index (κ1) is 20.3. The second kappa shape index (κ2) is 9.20. The number of carbonyl (C=O) groups excluding carboxylic acids is 1. The van der Waals surface area contributed by atoms with Gasteiger partial charge >= 0.3 is 0 Å². The van der Waals surface area contributed by atoms with Crippen molar-refractivity contribution in [1.82, 2.24) is 15.0 Å². The highest BCUT2D eigenvalue weighted by atomic mass is 35.5. The lowest BCUT2D eigenvalue weighted by Crippen LogP contribution is -2.15. The van der Waals surface area contributed by atoms with Crippen LogP contribution in [0.4, 0.5) is 10.2 Å². The van der Waals surface area contributed by atoms with Gasteiger partial charge in [-0.3, -0.25) is 14.8 Å². The normalized spacial score (nSPS) is 11.2. The van der Waals surface area contributed by atoms with Crippen LogP contribution in [0.15, 0.2) is 54.2 Å². The number of nitrogens with one attached hydrogen (secondary N) is 1. The van der Waals surface area contributed by atoms with Crippen molar-refractivity contribution in [3.05, 3.63) is 76.7 Å². The summed E-state index contributed by atoms with van der Waals surface area (Å²) in [7, 11) is 0. The fourth-order valence-corrected chi connectivity index (χ4v) is 2.56. The molecule has 0 spiro atoms. The molecule has 0 radical (unpaired) electrons. The molecule has 0 aromatic carbocycles. The maximum Gasteiger partial charge on any atom is 0.258 e. The Balaban J connectivity index is 1.73. The van der Waals surface area contributed by atoms with E-state index >= 15 is 0 Å². The minimum Gasteiger partial charge on any atom is -0.353 e. The van der Waals surface area contributed by atoms with E-state index in [0.29, 0.717) is 40.0 Å². The Labute approximate surface area is 171 Å². The molecule has 3 aromatic heterocycles. The topological polar surface area (TPSA) is 89.4 Å². The van der Waals surface area contributed by atoms with E-state index in [0.717, 1.165) is 12.3 Å². The van der Waals surface area contributed by atoms with E-state index in [1.165, 1.54) is 6.20 Å². The predicted octanol–water partition coefficient (Wildman–Crippen LogP) is 4.42. The highest BCUT2D eigenvalue weighted by molar-refractivity contribution is 6.31. The number of nitrogens with zero attached hydrogens (tertiary/aromatic N) is 4. The van der Waals surface area contributed by atoms with Crippen molar-refractivity contribution in [3.8, 4) is 5.75 Å². The van der Waals surface area contributed by atoms with Crippen LogP contribution in [-0.2, 0) is 0 Å². The fraction of sp³-hybridized carbons (Fsp3) is 0.150. The summed E-state index contributed by atoms with van der Waals surface area (Å²) in [5.41, 5.74) is 1.93. The second-order valence-corrected chi connectivity index (χ2v) is 6.37. The van der Waals surface area contributed by atoms with Crippen LogP contribution in [0.25, 0.3) is 0 Å². The highest BCUT2D eigenvalue weighted by Crippen LogP contribution is 2.22. The van der Waals surface area contributed by atoms with Gasteiger partial charge in [0.05, 0.1) is 34.4 Å². The van der Waals surface area contributed by atoms with Crippen molar-refractivity contribution >= 4 is 29.0 Å². The quantitative estimate of drug-likeness (QED) is 0.477. The molecule has 1 amide bonds. The van der Waals surface area contributed by atoms with Gasteiger partial charge in [0.1, 0.15) is 11.6 Å². The molecule has 0 fully saturated rings. The predicted molar refractivity (Wildman–Crippen MR) is 108 cm³/mol. The molecule has 3 heterocycles. The van der Waals surface area contributed by atoms with Crippen molar-refractivity contribution in [3.63, 3.8) is 0 Å². The zero-order chi connectivity index (χ0) is 20.8. The first-order valence-electron chi connectivity index (χ1n) is 8.71. The van der Waals surface area contributed by atoms with Gasteiger partial charge in [-0.25, -0.2) is 9.37 Å². The lowest BCUT2D eigenvalue weighted by molar-refractivity contribution is 0.102. The molecule has 0 aliphatic rings. The van der Waals surface area contributed by atoms with E-state index in [-0.39, 0.29) is 5.56 Å². The number of oxime groups is 1. The molecule has 7 nitrogen and oxygen atoms in total. The molecule has 0 aliphatic carbocycles. The summed E-state index contributed by atoms with van der Waals surface area (Å²) in [6, 6.07) is 6.11. The van der Waals surface area contributed by atoms with Crippen LogP contribution < -0.4 is 10.2 Å². The number of rotatable bonds is 6. The molecule has 1 N–H and O–H groups in total. The van der Waals surface area contributed by atoms with Crippen molar-refractivity contribution < 1.29 is 14.0 Å². The molecule has 0 unspecified atom stereocenters. The summed E-state index contributed by atoms with van der Waals surface area (Å²) in [5, 5.41) is 7.14. The Bertz CT molecular complexity index is 1060.